The minimum Gasteiger partial charge on any atom is -0.494 e. The molecular weight excluding hydrogens is 949 g/mol. The molecule has 0 aliphatic carbocycles. The zero-order valence-corrected chi connectivity index (χ0v) is 41.6. The largest absolute Gasteiger partial charge is 0.494 e. The number of benzene rings is 6. The smallest absolute Gasteiger partial charge is 0.259 e. The summed E-state index contributed by atoms with van der Waals surface area (Å²) in [6.07, 6.45) is 0. The van der Waals surface area contributed by atoms with E-state index in [9.17, 15) is 5.41 Å². The van der Waals surface area contributed by atoms with E-state index < -0.39 is 0 Å². The number of nitrogen functional groups attached to an aromatic ring is 2. The fourth-order valence-electron chi connectivity index (χ4n) is 7.48. The Bertz CT molecular complexity index is 3510. The van der Waals surface area contributed by atoms with Gasteiger partial charge in [0.2, 0.25) is 5.95 Å². The molecule has 0 saturated carbocycles. The minimum atomic E-state index is -0.165. The molecular formula is C54H50N18O3. The number of nitrogens with two attached hydrogens (primary N) is 3. The fourth-order valence-corrected chi connectivity index (χ4v) is 7.48. The number of hydrogen-bond acceptors (Lipinski definition) is 19. The van der Waals surface area contributed by atoms with Crippen molar-refractivity contribution in [1.29, 1.82) is 5.41 Å². The highest BCUT2D eigenvalue weighted by Crippen LogP contribution is 2.41. The Morgan fingerprint density at radius 2 is 0.893 bits per heavy atom. The van der Waals surface area contributed by atoms with Gasteiger partial charge in [-0.2, -0.15) is 34.5 Å². The lowest BCUT2D eigenvalue weighted by Crippen LogP contribution is -2.20. The van der Waals surface area contributed by atoms with Crippen LogP contribution in [0.25, 0.3) is 34.4 Å². The van der Waals surface area contributed by atoms with Crippen molar-refractivity contribution in [2.24, 2.45) is 36.4 Å². The van der Waals surface area contributed by atoms with Crippen LogP contribution in [0.1, 0.15) is 22.3 Å². The van der Waals surface area contributed by atoms with E-state index in [4.69, 9.17) is 56.6 Å². The maximum Gasteiger partial charge on any atom is 0.259 e. The average molecular weight is 999 g/mol. The van der Waals surface area contributed by atoms with Crippen LogP contribution < -0.4 is 36.7 Å². The molecule has 374 valence electrons. The van der Waals surface area contributed by atoms with Crippen LogP contribution >= 0.6 is 0 Å². The van der Waals surface area contributed by atoms with Gasteiger partial charge in [-0.25, -0.2) is 0 Å². The summed E-state index contributed by atoms with van der Waals surface area (Å²) in [6.45, 7) is 5.90. The molecule has 0 amide bonds. The van der Waals surface area contributed by atoms with E-state index in [2.05, 4.69) is 36.0 Å². The monoisotopic (exact) mass is 998 g/mol. The zero-order chi connectivity index (χ0) is 52.6. The Labute approximate surface area is 430 Å². The van der Waals surface area contributed by atoms with E-state index >= 15 is 0 Å². The summed E-state index contributed by atoms with van der Waals surface area (Å²) in [5.41, 5.74) is 28.1. The molecule has 0 atom stereocenters. The van der Waals surface area contributed by atoms with E-state index in [0.717, 1.165) is 16.7 Å². The van der Waals surface area contributed by atoms with Gasteiger partial charge >= 0.3 is 0 Å². The number of aryl methyl sites for hydroxylation is 3. The first-order valence-electron chi connectivity index (χ1n) is 23.2. The molecule has 0 bridgehead atoms. The summed E-state index contributed by atoms with van der Waals surface area (Å²) >= 11 is 0. The Morgan fingerprint density at radius 3 is 1.31 bits per heavy atom. The van der Waals surface area contributed by atoms with E-state index in [1.807, 2.05) is 106 Å². The van der Waals surface area contributed by atoms with E-state index in [0.29, 0.717) is 62.4 Å². The number of rotatable bonds is 17. The van der Waals surface area contributed by atoms with Crippen LogP contribution in [0.5, 0.6) is 17.2 Å². The molecule has 0 fully saturated rings. The van der Waals surface area contributed by atoms with E-state index in [1.165, 1.54) is 16.5 Å². The third-order valence-corrected chi connectivity index (χ3v) is 11.5. The molecule has 6 aromatic carbocycles. The van der Waals surface area contributed by atoms with Crippen molar-refractivity contribution in [2.75, 3.05) is 38.1 Å². The Morgan fingerprint density at radius 1 is 0.507 bits per heavy atom. The van der Waals surface area contributed by atoms with Crippen molar-refractivity contribution < 1.29 is 14.2 Å². The van der Waals surface area contributed by atoms with Crippen LogP contribution in [0.4, 0.5) is 46.0 Å². The van der Waals surface area contributed by atoms with Gasteiger partial charge in [-0.1, -0.05) is 126 Å². The van der Waals surface area contributed by atoms with Gasteiger partial charge in [0, 0.05) is 16.7 Å². The lowest BCUT2D eigenvalue weighted by Gasteiger charge is -2.13. The summed E-state index contributed by atoms with van der Waals surface area (Å²) in [7, 11) is 4.62. The number of allylic oxidation sites excluding steroid dienone is 1. The molecule has 0 unspecified atom stereocenters. The number of azo groups is 3. The van der Waals surface area contributed by atoms with Crippen molar-refractivity contribution in [3.8, 4) is 51.7 Å². The van der Waals surface area contributed by atoms with Gasteiger partial charge in [-0.15, -0.1) is 30.7 Å². The number of nitrogens with one attached hydrogen (secondary N) is 2. The van der Waals surface area contributed by atoms with Crippen molar-refractivity contribution >= 4 is 51.7 Å². The molecule has 0 aliphatic rings. The highest BCUT2D eigenvalue weighted by atomic mass is 16.5. The second kappa shape index (κ2) is 21.9. The molecule has 3 heterocycles. The molecule has 9 rings (SSSR count). The Balaban J connectivity index is 1.27. The van der Waals surface area contributed by atoms with Gasteiger partial charge in [0.05, 0.1) is 27.0 Å². The van der Waals surface area contributed by atoms with Crippen LogP contribution in [0.15, 0.2) is 188 Å². The first-order valence-corrected chi connectivity index (χ1v) is 23.2. The van der Waals surface area contributed by atoms with Crippen LogP contribution in [0.2, 0.25) is 0 Å². The van der Waals surface area contributed by atoms with Crippen molar-refractivity contribution in [1.82, 2.24) is 34.5 Å². The number of aromatic nitrogens is 7. The molecule has 21 heteroatoms. The first-order chi connectivity index (χ1) is 36.4. The first kappa shape index (κ1) is 49.5. The number of methoxy groups -OCH3 is 3. The van der Waals surface area contributed by atoms with E-state index in [-0.39, 0.29) is 58.1 Å². The molecule has 0 saturated heterocycles. The maximum absolute atomic E-state index is 9.39. The third kappa shape index (κ3) is 10.8. The minimum absolute atomic E-state index is 0.00311. The van der Waals surface area contributed by atoms with Crippen LogP contribution in [0.3, 0.4) is 0 Å². The number of nitrogens with zero attached hydrogens (tertiary/aromatic N) is 13. The highest BCUT2D eigenvalue weighted by molar-refractivity contribution is 6.11. The molecule has 21 nitrogen and oxygen atoms in total. The molecule has 0 radical (unpaired) electrons. The number of ether oxygens (including phenoxy) is 3. The zero-order valence-electron chi connectivity index (χ0n) is 41.6. The quantitative estimate of drug-likeness (QED) is 0.0420. The second-order valence-corrected chi connectivity index (χ2v) is 16.7. The summed E-state index contributed by atoms with van der Waals surface area (Å²) < 4.78 is 19.2. The normalized spacial score (nSPS) is 11.9. The number of anilines is 3. The Kier molecular flexibility index (Phi) is 14.5. The predicted octanol–water partition coefficient (Wildman–Crippen LogP) is 11.9. The van der Waals surface area contributed by atoms with Gasteiger partial charge in [0.15, 0.2) is 28.7 Å². The van der Waals surface area contributed by atoms with E-state index in [1.54, 1.807) is 74.9 Å². The molecule has 0 spiro atoms. The third-order valence-electron chi connectivity index (χ3n) is 11.5. The summed E-state index contributed by atoms with van der Waals surface area (Å²) in [4.78, 5) is 14.5. The van der Waals surface area contributed by atoms with Crippen LogP contribution in [-0.4, -0.2) is 61.6 Å². The van der Waals surface area contributed by atoms with Crippen molar-refractivity contribution in [2.45, 2.75) is 20.8 Å². The Hall–Kier alpha value is -10.4. The average Bonchev–Trinajstić information content (AvgIpc) is 3.95. The highest BCUT2D eigenvalue weighted by Gasteiger charge is 2.26. The molecule has 0 aliphatic heterocycles. The lowest BCUT2D eigenvalue weighted by atomic mass is 10.1. The van der Waals surface area contributed by atoms with Gasteiger partial charge in [0.25, 0.3) is 11.9 Å². The second-order valence-electron chi connectivity index (χ2n) is 16.7. The summed E-state index contributed by atoms with van der Waals surface area (Å²) in [5, 5.41) is 49.7. The SMILES string of the molecule is COc1ccccc1/N=N/C(C(=N)c1ccc(C)cc1)=C(\N)Nc1nc(-n2nc(-c3ccc(C)cc3)c(/N=N/c3ccccc3OC)c2N)nc(-n2nc(-c3ccc(C)cc3)c(/N=N/c3ccccc3OC)c2N)n1. The predicted molar refractivity (Wildman–Crippen MR) is 288 cm³/mol. The molecule has 9 aromatic rings. The topological polar surface area (TPSA) is 290 Å². The lowest BCUT2D eigenvalue weighted by molar-refractivity contribution is 0.415. The molecule has 3 aromatic heterocycles. The van der Waals surface area contributed by atoms with Crippen molar-refractivity contribution in [3.63, 3.8) is 0 Å². The van der Waals surface area contributed by atoms with Gasteiger partial charge < -0.3 is 36.7 Å². The van der Waals surface area contributed by atoms with Gasteiger partial charge in [-0.05, 0) is 57.2 Å². The molecule has 8 N–H and O–H groups in total. The van der Waals surface area contributed by atoms with Gasteiger partial charge in [-0.3, -0.25) is 5.41 Å². The number of para-hydroxylation sites is 3. The summed E-state index contributed by atoms with van der Waals surface area (Å²) in [5.74, 6) is 0.857. The standard InChI is InChI=1S/C54H50N18O3/c1-31-19-25-34(26-20-31)43(55)46(66-63-37-13-7-10-16-40(37)73-4)49(56)59-52-60-53(71-50(57)47(44(69-71)35-27-21-32(2)22-28-35)67-64-38-14-8-11-17-41(38)74-5)62-54(61-52)72-51(58)48(45(70-72)36-29-23-33(3)24-30-36)68-65-39-15-9-12-18-42(39)75-6/h7-30,55H,56-58H2,1-6H3,(H,59,60,61,62)/b49-46+,55-43?,66-63+,67-64+,68-65+. The number of hydrogen-bond donors (Lipinski definition) is 5. The fraction of sp³-hybridized carbons (Fsp3) is 0.111. The summed E-state index contributed by atoms with van der Waals surface area (Å²) in [6, 6.07) is 44.0. The molecule has 75 heavy (non-hydrogen) atoms. The van der Waals surface area contributed by atoms with Crippen LogP contribution in [-0.2, 0) is 0 Å². The van der Waals surface area contributed by atoms with Crippen molar-refractivity contribution in [3.05, 3.63) is 179 Å². The maximum atomic E-state index is 9.39. The van der Waals surface area contributed by atoms with Crippen LogP contribution in [0, 0.1) is 26.2 Å². The van der Waals surface area contributed by atoms with Gasteiger partial charge in [0.1, 0.15) is 51.5 Å².